The van der Waals surface area contributed by atoms with Crippen molar-refractivity contribution >= 4 is 0 Å². The third kappa shape index (κ3) is 3.53. The van der Waals surface area contributed by atoms with E-state index in [9.17, 15) is 0 Å². The first-order valence-electron chi connectivity index (χ1n) is 5.60. The number of rotatable bonds is 5. The van der Waals surface area contributed by atoms with Crippen LogP contribution in [0, 0.1) is 12.8 Å². The van der Waals surface area contributed by atoms with Crippen molar-refractivity contribution in [3.63, 3.8) is 0 Å². The van der Waals surface area contributed by atoms with Gasteiger partial charge in [0.15, 0.2) is 0 Å². The molecule has 1 rings (SSSR count). The minimum Gasteiger partial charge on any atom is -0.0625 e. The number of hydrogen-bond acceptors (Lipinski definition) is 0. The van der Waals surface area contributed by atoms with Gasteiger partial charge in [-0.2, -0.15) is 0 Å². The predicted octanol–water partition coefficient (Wildman–Crippen LogP) is 4.04. The molecule has 0 heteroatoms. The standard InChI is InChI=1S/C14H21/c1-4-5-8-13-9-6-7-10-14(13)11-12(2)3/h6-7,9-10,12H,1,4-5,8,11H2,2-3H3. The lowest BCUT2D eigenvalue weighted by Crippen LogP contribution is -1.99. The van der Waals surface area contributed by atoms with E-state index in [-0.39, 0.29) is 0 Å². The Hall–Kier alpha value is -0.780. The summed E-state index contributed by atoms with van der Waals surface area (Å²) in [5, 5.41) is 0. The summed E-state index contributed by atoms with van der Waals surface area (Å²) in [6.07, 6.45) is 4.63. The Morgan fingerprint density at radius 3 is 2.36 bits per heavy atom. The molecule has 0 aliphatic rings. The maximum Gasteiger partial charge on any atom is -0.0253 e. The van der Waals surface area contributed by atoms with Gasteiger partial charge in [-0.1, -0.05) is 51.5 Å². The first-order chi connectivity index (χ1) is 6.74. The summed E-state index contributed by atoms with van der Waals surface area (Å²) < 4.78 is 0. The molecular formula is C14H21. The molecule has 0 spiro atoms. The molecule has 0 bridgehead atoms. The fourth-order valence-electron chi connectivity index (χ4n) is 1.76. The molecule has 0 heterocycles. The Kier molecular flexibility index (Phi) is 4.72. The van der Waals surface area contributed by atoms with Crippen molar-refractivity contribution in [3.8, 4) is 0 Å². The van der Waals surface area contributed by atoms with Crippen LogP contribution in [0.15, 0.2) is 24.3 Å². The zero-order valence-corrected chi connectivity index (χ0v) is 9.42. The van der Waals surface area contributed by atoms with Crippen LogP contribution in [0.3, 0.4) is 0 Å². The summed E-state index contributed by atoms with van der Waals surface area (Å²) in [5.74, 6) is 0.746. The highest BCUT2D eigenvalue weighted by molar-refractivity contribution is 5.27. The van der Waals surface area contributed by atoms with Crippen LogP contribution in [0.25, 0.3) is 0 Å². The first-order valence-corrected chi connectivity index (χ1v) is 5.60. The van der Waals surface area contributed by atoms with E-state index in [0.29, 0.717) is 0 Å². The van der Waals surface area contributed by atoms with Crippen molar-refractivity contribution < 1.29 is 0 Å². The average molecular weight is 189 g/mol. The van der Waals surface area contributed by atoms with Crippen LogP contribution in [0.4, 0.5) is 0 Å². The number of hydrogen-bond donors (Lipinski definition) is 0. The van der Waals surface area contributed by atoms with Crippen LogP contribution in [0.5, 0.6) is 0 Å². The van der Waals surface area contributed by atoms with E-state index in [1.54, 1.807) is 0 Å². The van der Waals surface area contributed by atoms with Gasteiger partial charge in [0.25, 0.3) is 0 Å². The number of unbranched alkanes of at least 4 members (excludes halogenated alkanes) is 1. The van der Waals surface area contributed by atoms with Crippen LogP contribution in [0.2, 0.25) is 0 Å². The van der Waals surface area contributed by atoms with E-state index < -0.39 is 0 Å². The summed E-state index contributed by atoms with van der Waals surface area (Å²) >= 11 is 0. The fourth-order valence-corrected chi connectivity index (χ4v) is 1.76. The Morgan fingerprint density at radius 2 is 1.79 bits per heavy atom. The molecule has 0 amide bonds. The predicted molar refractivity (Wildman–Crippen MR) is 63.3 cm³/mol. The van der Waals surface area contributed by atoms with Crippen molar-refractivity contribution in [2.45, 2.75) is 39.5 Å². The molecule has 0 aliphatic carbocycles. The Labute approximate surface area is 88.4 Å². The Bertz CT molecular complexity index is 260. The second kappa shape index (κ2) is 5.85. The highest BCUT2D eigenvalue weighted by Crippen LogP contribution is 2.15. The van der Waals surface area contributed by atoms with Crippen molar-refractivity contribution in [1.82, 2.24) is 0 Å². The van der Waals surface area contributed by atoms with Crippen molar-refractivity contribution in [2.75, 3.05) is 0 Å². The second-order valence-electron chi connectivity index (χ2n) is 4.32. The monoisotopic (exact) mass is 189 g/mol. The molecule has 0 unspecified atom stereocenters. The quantitative estimate of drug-likeness (QED) is 0.655. The smallest absolute Gasteiger partial charge is 0.0253 e. The van der Waals surface area contributed by atoms with Crippen LogP contribution in [-0.2, 0) is 12.8 Å². The van der Waals surface area contributed by atoms with Gasteiger partial charge in [0.2, 0.25) is 0 Å². The number of benzene rings is 1. The molecule has 1 aromatic carbocycles. The molecule has 0 saturated carbocycles. The molecule has 0 fully saturated rings. The molecule has 0 aromatic heterocycles. The molecule has 0 atom stereocenters. The maximum absolute atomic E-state index is 3.89. The van der Waals surface area contributed by atoms with Crippen LogP contribution >= 0.6 is 0 Å². The second-order valence-corrected chi connectivity index (χ2v) is 4.32. The van der Waals surface area contributed by atoms with Gasteiger partial charge in [-0.25, -0.2) is 0 Å². The topological polar surface area (TPSA) is 0 Å². The lowest BCUT2D eigenvalue weighted by atomic mass is 9.95. The van der Waals surface area contributed by atoms with Crippen molar-refractivity contribution in [3.05, 3.63) is 42.3 Å². The Morgan fingerprint density at radius 1 is 1.14 bits per heavy atom. The van der Waals surface area contributed by atoms with Crippen molar-refractivity contribution in [1.29, 1.82) is 0 Å². The zero-order valence-electron chi connectivity index (χ0n) is 9.42. The summed E-state index contributed by atoms with van der Waals surface area (Å²) in [6, 6.07) is 8.81. The third-order valence-electron chi connectivity index (χ3n) is 2.44. The van der Waals surface area contributed by atoms with E-state index >= 15 is 0 Å². The summed E-state index contributed by atoms with van der Waals surface area (Å²) in [7, 11) is 0. The summed E-state index contributed by atoms with van der Waals surface area (Å²) in [4.78, 5) is 0. The molecule has 1 radical (unpaired) electrons. The van der Waals surface area contributed by atoms with E-state index in [0.717, 1.165) is 12.3 Å². The van der Waals surface area contributed by atoms with Gasteiger partial charge in [-0.15, -0.1) is 0 Å². The normalized spacial score (nSPS) is 10.9. The van der Waals surface area contributed by atoms with E-state index in [4.69, 9.17) is 0 Å². The SMILES string of the molecule is [CH2]CCCc1ccccc1CC(C)C. The van der Waals surface area contributed by atoms with E-state index in [1.165, 1.54) is 30.4 Å². The third-order valence-corrected chi connectivity index (χ3v) is 2.44. The van der Waals surface area contributed by atoms with Crippen molar-refractivity contribution in [2.24, 2.45) is 5.92 Å². The molecule has 77 valence electrons. The highest BCUT2D eigenvalue weighted by atomic mass is 14.1. The minimum absolute atomic E-state index is 0.746. The van der Waals surface area contributed by atoms with Crippen LogP contribution < -0.4 is 0 Å². The highest BCUT2D eigenvalue weighted by Gasteiger charge is 2.03. The van der Waals surface area contributed by atoms with Gasteiger partial charge in [0.1, 0.15) is 0 Å². The summed E-state index contributed by atoms with van der Waals surface area (Å²) in [6.45, 7) is 8.44. The Balaban J connectivity index is 2.69. The summed E-state index contributed by atoms with van der Waals surface area (Å²) in [5.41, 5.74) is 3.04. The molecule has 0 aliphatic heterocycles. The average Bonchev–Trinajstić information content (AvgIpc) is 2.16. The lowest BCUT2D eigenvalue weighted by Gasteiger charge is -2.10. The lowest BCUT2D eigenvalue weighted by molar-refractivity contribution is 0.640. The van der Waals surface area contributed by atoms with Gasteiger partial charge in [0, 0.05) is 0 Å². The molecular weight excluding hydrogens is 168 g/mol. The first kappa shape index (κ1) is 11.3. The fraction of sp³-hybridized carbons (Fsp3) is 0.500. The zero-order chi connectivity index (χ0) is 10.4. The maximum atomic E-state index is 3.89. The minimum atomic E-state index is 0.746. The van der Waals surface area contributed by atoms with Gasteiger partial charge in [0.05, 0.1) is 0 Å². The van der Waals surface area contributed by atoms with Gasteiger partial charge in [-0.05, 0) is 36.3 Å². The van der Waals surface area contributed by atoms with Crippen LogP contribution in [-0.4, -0.2) is 0 Å². The molecule has 1 aromatic rings. The van der Waals surface area contributed by atoms with E-state index in [1.807, 2.05) is 0 Å². The van der Waals surface area contributed by atoms with Crippen LogP contribution in [0.1, 0.15) is 37.8 Å². The number of aryl methyl sites for hydroxylation is 1. The molecule has 0 N–H and O–H groups in total. The molecule has 0 nitrogen and oxygen atoms in total. The van der Waals surface area contributed by atoms with Gasteiger partial charge in [-0.3, -0.25) is 0 Å². The largest absolute Gasteiger partial charge is 0.0625 e. The molecule has 14 heavy (non-hydrogen) atoms. The van der Waals surface area contributed by atoms with Gasteiger partial charge < -0.3 is 0 Å². The molecule has 0 saturated heterocycles. The van der Waals surface area contributed by atoms with E-state index in [2.05, 4.69) is 45.0 Å². The van der Waals surface area contributed by atoms with Gasteiger partial charge >= 0.3 is 0 Å².